The number of sulfonamides is 1. The molecule has 1 aliphatic rings. The maximum atomic E-state index is 13.7. The van der Waals surface area contributed by atoms with Crippen LogP contribution in [0.2, 0.25) is 0 Å². The third kappa shape index (κ3) is 5.86. The third-order valence-electron chi connectivity index (χ3n) is 7.02. The number of carbonyl (C=O) groups excluding carboxylic acids is 2. The predicted octanol–water partition coefficient (Wildman–Crippen LogP) is 4.15. The number of hydrogen-bond donors (Lipinski definition) is 2. The van der Waals surface area contributed by atoms with Crippen LogP contribution >= 0.6 is 22.7 Å². The van der Waals surface area contributed by atoms with E-state index in [4.69, 9.17) is 4.74 Å². The standard InChI is InChI=1S/C28H30N4O6S3/c1-17-14-32(18(2)16-33)28(35)19-8-6-10-21(29-26(34)27-30-20-9-4-5-11-23(20)40-27)25(19)38-22(17)15-31(3)41(36,37)24-12-7-13-39-24/h4-13,17-18,22,33H,14-16H2,1-3H3,(H,29,34)/t17-,18+,22+/m0/s1. The van der Waals surface area contributed by atoms with Crippen molar-refractivity contribution in [3.8, 4) is 5.75 Å². The lowest BCUT2D eigenvalue weighted by atomic mass is 9.99. The van der Waals surface area contributed by atoms with Crippen molar-refractivity contribution in [2.45, 2.75) is 30.2 Å². The molecule has 13 heteroatoms. The summed E-state index contributed by atoms with van der Waals surface area (Å²) in [5.74, 6) is -1.00. The highest BCUT2D eigenvalue weighted by Crippen LogP contribution is 2.36. The molecule has 2 N–H and O–H groups in total. The van der Waals surface area contributed by atoms with Crippen LogP contribution in [0.25, 0.3) is 10.2 Å². The Labute approximate surface area is 246 Å². The molecule has 0 unspecified atom stereocenters. The number of ether oxygens (including phenoxy) is 1. The van der Waals surface area contributed by atoms with Crippen LogP contribution in [-0.4, -0.2) is 78.4 Å². The van der Waals surface area contributed by atoms with E-state index in [0.29, 0.717) is 5.52 Å². The van der Waals surface area contributed by atoms with E-state index in [0.717, 1.165) is 16.0 Å². The Hall–Kier alpha value is -3.36. The molecule has 216 valence electrons. The van der Waals surface area contributed by atoms with E-state index in [1.165, 1.54) is 22.7 Å². The molecule has 0 saturated carbocycles. The topological polar surface area (TPSA) is 129 Å². The number of aromatic nitrogens is 1. The van der Waals surface area contributed by atoms with Crippen molar-refractivity contribution in [1.82, 2.24) is 14.2 Å². The number of rotatable bonds is 8. The molecule has 10 nitrogen and oxygen atoms in total. The van der Waals surface area contributed by atoms with Gasteiger partial charge in [0.2, 0.25) is 0 Å². The number of aliphatic hydroxyl groups is 1. The summed E-state index contributed by atoms with van der Waals surface area (Å²) in [6.45, 7) is 3.60. The summed E-state index contributed by atoms with van der Waals surface area (Å²) in [7, 11) is -2.27. The first kappa shape index (κ1) is 29.1. The largest absolute Gasteiger partial charge is 0.486 e. The summed E-state index contributed by atoms with van der Waals surface area (Å²) in [6.07, 6.45) is -0.685. The summed E-state index contributed by atoms with van der Waals surface area (Å²) in [6, 6.07) is 15.0. The first-order valence-electron chi connectivity index (χ1n) is 13.0. The average molecular weight is 615 g/mol. The number of carbonyl (C=O) groups is 2. The zero-order chi connectivity index (χ0) is 29.3. The van der Waals surface area contributed by atoms with Gasteiger partial charge >= 0.3 is 0 Å². The Bertz CT molecular complexity index is 1640. The van der Waals surface area contributed by atoms with Crippen molar-refractivity contribution in [2.75, 3.05) is 32.1 Å². The van der Waals surface area contributed by atoms with Crippen molar-refractivity contribution in [3.05, 3.63) is 70.5 Å². The number of likely N-dealkylation sites (N-methyl/N-ethyl adjacent to an activating group) is 1. The van der Waals surface area contributed by atoms with Gasteiger partial charge in [-0.1, -0.05) is 31.2 Å². The summed E-state index contributed by atoms with van der Waals surface area (Å²) in [5, 5.41) is 14.7. The van der Waals surface area contributed by atoms with E-state index >= 15 is 0 Å². The van der Waals surface area contributed by atoms with Crippen molar-refractivity contribution in [1.29, 1.82) is 0 Å². The molecule has 0 spiro atoms. The van der Waals surface area contributed by atoms with Gasteiger partial charge in [0.15, 0.2) is 10.8 Å². The summed E-state index contributed by atoms with van der Waals surface area (Å²) in [5.41, 5.74) is 1.17. The van der Waals surface area contributed by atoms with Gasteiger partial charge in [0.1, 0.15) is 10.3 Å². The number of fused-ring (bicyclic) bond motifs is 2. The van der Waals surface area contributed by atoms with Crippen molar-refractivity contribution >= 4 is 60.4 Å². The highest BCUT2D eigenvalue weighted by Gasteiger charge is 2.36. The normalized spacial score (nSPS) is 18.5. The molecule has 0 saturated heterocycles. The minimum absolute atomic E-state index is 0.00345. The fraction of sp³-hybridized carbons (Fsp3) is 0.321. The molecular formula is C28H30N4O6S3. The van der Waals surface area contributed by atoms with Crippen LogP contribution in [0.4, 0.5) is 5.69 Å². The lowest BCUT2D eigenvalue weighted by Crippen LogP contribution is -2.50. The molecule has 0 radical (unpaired) electrons. The Morgan fingerprint density at radius 1 is 1.22 bits per heavy atom. The van der Waals surface area contributed by atoms with Crippen LogP contribution in [0.1, 0.15) is 34.0 Å². The summed E-state index contributed by atoms with van der Waals surface area (Å²) < 4.78 is 35.2. The minimum Gasteiger partial charge on any atom is -0.486 e. The molecule has 3 atom stereocenters. The number of amides is 2. The number of nitrogens with zero attached hydrogens (tertiary/aromatic N) is 3. The predicted molar refractivity (Wildman–Crippen MR) is 159 cm³/mol. The first-order chi connectivity index (χ1) is 19.6. The Morgan fingerprint density at radius 2 is 2.00 bits per heavy atom. The van der Waals surface area contributed by atoms with E-state index in [2.05, 4.69) is 10.3 Å². The quantitative estimate of drug-likeness (QED) is 0.305. The minimum atomic E-state index is -3.77. The van der Waals surface area contributed by atoms with Crippen LogP contribution in [0, 0.1) is 5.92 Å². The number of aliphatic hydroxyl groups excluding tert-OH is 1. The molecule has 2 aromatic heterocycles. The van der Waals surface area contributed by atoms with Crippen molar-refractivity contribution in [3.63, 3.8) is 0 Å². The van der Waals surface area contributed by atoms with Crippen LogP contribution in [-0.2, 0) is 10.0 Å². The van der Waals surface area contributed by atoms with Gasteiger partial charge in [-0.2, -0.15) is 4.31 Å². The van der Waals surface area contributed by atoms with Crippen LogP contribution in [0.5, 0.6) is 5.75 Å². The molecule has 41 heavy (non-hydrogen) atoms. The average Bonchev–Trinajstić information content (AvgIpc) is 3.66. The third-order valence-corrected chi connectivity index (χ3v) is 11.3. The number of nitrogens with one attached hydrogen (secondary N) is 1. The van der Waals surface area contributed by atoms with Gasteiger partial charge in [0, 0.05) is 19.5 Å². The SMILES string of the molecule is C[C@H](CO)N1C[C@H](C)[C@@H](CN(C)S(=O)(=O)c2cccs2)Oc2c(NC(=O)c3nc4ccccc4s3)cccc2C1=O. The van der Waals surface area contributed by atoms with Gasteiger partial charge in [0.05, 0.1) is 40.7 Å². The van der Waals surface area contributed by atoms with Gasteiger partial charge in [-0.3, -0.25) is 9.59 Å². The number of thiophene rings is 1. The van der Waals surface area contributed by atoms with Gasteiger partial charge in [-0.15, -0.1) is 22.7 Å². The molecule has 5 rings (SSSR count). The van der Waals surface area contributed by atoms with Crippen LogP contribution in [0.3, 0.4) is 0 Å². The molecule has 4 aromatic rings. The maximum Gasteiger partial charge on any atom is 0.284 e. The number of hydrogen-bond acceptors (Lipinski definition) is 9. The van der Waals surface area contributed by atoms with Crippen molar-refractivity contribution in [2.24, 2.45) is 5.92 Å². The Balaban J connectivity index is 1.51. The summed E-state index contributed by atoms with van der Waals surface area (Å²) >= 11 is 2.38. The van der Waals surface area contributed by atoms with E-state index in [1.54, 1.807) is 47.5 Å². The number of benzene rings is 2. The highest BCUT2D eigenvalue weighted by molar-refractivity contribution is 7.91. The van der Waals surface area contributed by atoms with Gasteiger partial charge in [-0.25, -0.2) is 13.4 Å². The second-order valence-corrected chi connectivity index (χ2v) is 14.2. The van der Waals surface area contributed by atoms with E-state index in [-0.39, 0.29) is 57.7 Å². The lowest BCUT2D eigenvalue weighted by Gasteiger charge is -2.38. The highest BCUT2D eigenvalue weighted by atomic mass is 32.2. The zero-order valence-corrected chi connectivity index (χ0v) is 25.1. The first-order valence-corrected chi connectivity index (χ1v) is 16.1. The number of para-hydroxylation sites is 2. The molecule has 3 heterocycles. The molecule has 1 aliphatic heterocycles. The van der Waals surface area contributed by atoms with Gasteiger partial charge in [-0.05, 0) is 42.6 Å². The lowest BCUT2D eigenvalue weighted by molar-refractivity contribution is 0.0388. The Morgan fingerprint density at radius 3 is 2.71 bits per heavy atom. The van der Waals surface area contributed by atoms with E-state index in [1.807, 2.05) is 31.2 Å². The van der Waals surface area contributed by atoms with Crippen LogP contribution in [0.15, 0.2) is 64.2 Å². The molecule has 0 aliphatic carbocycles. The van der Waals surface area contributed by atoms with Crippen molar-refractivity contribution < 1.29 is 27.9 Å². The van der Waals surface area contributed by atoms with Gasteiger partial charge in [0.25, 0.3) is 21.8 Å². The fourth-order valence-corrected chi connectivity index (χ4v) is 7.87. The van der Waals surface area contributed by atoms with E-state index < -0.39 is 28.1 Å². The number of anilines is 1. The van der Waals surface area contributed by atoms with Crippen LogP contribution < -0.4 is 10.1 Å². The second kappa shape index (κ2) is 11.9. The monoisotopic (exact) mass is 614 g/mol. The molecule has 2 aromatic carbocycles. The smallest absolute Gasteiger partial charge is 0.284 e. The molecule has 0 fully saturated rings. The molecule has 0 bridgehead atoms. The van der Waals surface area contributed by atoms with Gasteiger partial charge < -0.3 is 20.1 Å². The van der Waals surface area contributed by atoms with E-state index in [9.17, 15) is 23.1 Å². The fourth-order valence-electron chi connectivity index (χ4n) is 4.62. The summed E-state index contributed by atoms with van der Waals surface area (Å²) in [4.78, 5) is 33.0. The number of thiazole rings is 1. The molecule has 2 amide bonds. The molecular weight excluding hydrogens is 585 g/mol. The zero-order valence-electron chi connectivity index (χ0n) is 22.7. The Kier molecular flexibility index (Phi) is 8.43. The maximum absolute atomic E-state index is 13.7. The second-order valence-electron chi connectivity index (χ2n) is 9.96.